The predicted octanol–water partition coefficient (Wildman–Crippen LogP) is 9.92. The second-order valence-electron chi connectivity index (χ2n) is 12.4. The standard InChI is InChI=1S/C37H48BrFO4/c1-5-7-8-9-10-12-27-14-16-28(17-15-27)29-18-19-32(34(39)23-29)31-21-30(13-11-20-40)35(33(38)22-31)41-24-37(6-2)25-42-36(3,4)43-26-37/h14-19,21-23,40H,5-13,20,24-26H2,1-4H3. The lowest BCUT2D eigenvalue weighted by Gasteiger charge is -2.42. The van der Waals surface area contributed by atoms with Gasteiger partial charge < -0.3 is 19.3 Å². The van der Waals surface area contributed by atoms with Crippen LogP contribution < -0.4 is 4.74 Å². The molecule has 6 heteroatoms. The van der Waals surface area contributed by atoms with E-state index in [0.717, 1.165) is 45.3 Å². The summed E-state index contributed by atoms with van der Waals surface area (Å²) in [4.78, 5) is 0. The minimum absolute atomic E-state index is 0.0671. The van der Waals surface area contributed by atoms with Gasteiger partial charge in [-0.25, -0.2) is 4.39 Å². The molecule has 0 aliphatic carbocycles. The topological polar surface area (TPSA) is 47.9 Å². The van der Waals surface area contributed by atoms with Crippen LogP contribution in [0, 0.1) is 11.2 Å². The summed E-state index contributed by atoms with van der Waals surface area (Å²) in [7, 11) is 0. The van der Waals surface area contributed by atoms with Gasteiger partial charge in [0.1, 0.15) is 11.6 Å². The monoisotopic (exact) mass is 654 g/mol. The van der Waals surface area contributed by atoms with Crippen molar-refractivity contribution < 1.29 is 23.7 Å². The third kappa shape index (κ3) is 9.13. The second kappa shape index (κ2) is 15.7. The van der Waals surface area contributed by atoms with Gasteiger partial charge in [0.15, 0.2) is 5.79 Å². The molecule has 1 N–H and O–H groups in total. The molecule has 0 aromatic heterocycles. The maximum atomic E-state index is 15.6. The van der Waals surface area contributed by atoms with Crippen LogP contribution in [0.3, 0.4) is 0 Å². The van der Waals surface area contributed by atoms with Crippen molar-refractivity contribution in [3.8, 4) is 28.0 Å². The van der Waals surface area contributed by atoms with Crippen molar-refractivity contribution in [3.63, 3.8) is 0 Å². The third-order valence-corrected chi connectivity index (χ3v) is 9.17. The van der Waals surface area contributed by atoms with E-state index in [0.29, 0.717) is 38.2 Å². The summed E-state index contributed by atoms with van der Waals surface area (Å²) in [5, 5.41) is 9.56. The molecule has 234 valence electrons. The van der Waals surface area contributed by atoms with Crippen LogP contribution in [0.25, 0.3) is 22.3 Å². The van der Waals surface area contributed by atoms with Crippen molar-refractivity contribution in [2.75, 3.05) is 26.4 Å². The molecule has 4 nitrogen and oxygen atoms in total. The zero-order valence-electron chi connectivity index (χ0n) is 26.3. The molecule has 0 atom stereocenters. The van der Waals surface area contributed by atoms with E-state index in [1.807, 2.05) is 38.1 Å². The molecule has 0 bridgehead atoms. The smallest absolute Gasteiger partial charge is 0.162 e. The number of benzene rings is 3. The van der Waals surface area contributed by atoms with E-state index in [9.17, 15) is 5.11 Å². The van der Waals surface area contributed by atoms with Crippen LogP contribution in [-0.2, 0) is 22.3 Å². The molecule has 3 aromatic rings. The molecular formula is C37H48BrFO4. The number of aliphatic hydroxyl groups is 1. The molecule has 43 heavy (non-hydrogen) atoms. The van der Waals surface area contributed by atoms with Crippen LogP contribution >= 0.6 is 15.9 Å². The quantitative estimate of drug-likeness (QED) is 0.166. The van der Waals surface area contributed by atoms with Gasteiger partial charge in [-0.15, -0.1) is 0 Å². The Morgan fingerprint density at radius 3 is 2.19 bits per heavy atom. The van der Waals surface area contributed by atoms with Crippen LogP contribution in [0.1, 0.15) is 83.8 Å². The first-order chi connectivity index (χ1) is 20.7. The highest BCUT2D eigenvalue weighted by atomic mass is 79.9. The van der Waals surface area contributed by atoms with Gasteiger partial charge in [-0.3, -0.25) is 0 Å². The second-order valence-corrected chi connectivity index (χ2v) is 13.3. The molecule has 0 amide bonds. The maximum absolute atomic E-state index is 15.6. The lowest BCUT2D eigenvalue weighted by atomic mass is 9.87. The summed E-state index contributed by atoms with van der Waals surface area (Å²) >= 11 is 3.71. The minimum Gasteiger partial charge on any atom is -0.491 e. The van der Waals surface area contributed by atoms with Crippen LogP contribution in [0.4, 0.5) is 4.39 Å². The SMILES string of the molecule is CCCCCCCc1ccc(-c2ccc(-c3cc(Br)c(OCC4(CC)COC(C)(C)OC4)c(CCCO)c3)c(F)c2)cc1. The summed E-state index contributed by atoms with van der Waals surface area (Å²) < 4.78 is 34.7. The normalized spacial score (nSPS) is 15.9. The van der Waals surface area contributed by atoms with Crippen molar-refractivity contribution >= 4 is 15.9 Å². The Labute approximate surface area is 266 Å². The number of ether oxygens (including phenoxy) is 3. The molecule has 4 rings (SSSR count). The highest BCUT2D eigenvalue weighted by molar-refractivity contribution is 9.10. The van der Waals surface area contributed by atoms with Gasteiger partial charge in [0.25, 0.3) is 0 Å². The molecule has 0 saturated carbocycles. The number of aliphatic hydroxyl groups excluding tert-OH is 1. The molecule has 1 fully saturated rings. The lowest BCUT2D eigenvalue weighted by molar-refractivity contribution is -0.289. The number of hydrogen-bond donors (Lipinski definition) is 1. The van der Waals surface area contributed by atoms with Crippen LogP contribution in [0.15, 0.2) is 59.1 Å². The fourth-order valence-corrected chi connectivity index (χ4v) is 6.12. The maximum Gasteiger partial charge on any atom is 0.162 e. The third-order valence-electron chi connectivity index (χ3n) is 8.59. The Morgan fingerprint density at radius 1 is 0.837 bits per heavy atom. The van der Waals surface area contributed by atoms with Gasteiger partial charge in [0.05, 0.1) is 29.7 Å². The fraction of sp³-hybridized carbons (Fsp3) is 0.514. The molecule has 0 unspecified atom stereocenters. The van der Waals surface area contributed by atoms with Gasteiger partial charge >= 0.3 is 0 Å². The first kappa shape index (κ1) is 33.6. The van der Waals surface area contributed by atoms with E-state index in [-0.39, 0.29) is 17.8 Å². The Morgan fingerprint density at radius 2 is 1.53 bits per heavy atom. The summed E-state index contributed by atoms with van der Waals surface area (Å²) in [6, 6.07) is 17.9. The zero-order chi connectivity index (χ0) is 30.9. The molecule has 1 aliphatic heterocycles. The van der Waals surface area contributed by atoms with Crippen molar-refractivity contribution in [2.45, 2.75) is 91.3 Å². The van der Waals surface area contributed by atoms with Gasteiger partial charge in [-0.2, -0.15) is 0 Å². The first-order valence-electron chi connectivity index (χ1n) is 15.9. The summed E-state index contributed by atoms with van der Waals surface area (Å²) in [5.74, 6) is -0.142. The first-order valence-corrected chi connectivity index (χ1v) is 16.7. The fourth-order valence-electron chi connectivity index (χ4n) is 5.50. The number of unbranched alkanes of at least 4 members (excludes halogenated alkanes) is 4. The average molecular weight is 656 g/mol. The van der Waals surface area contributed by atoms with E-state index < -0.39 is 5.79 Å². The van der Waals surface area contributed by atoms with E-state index in [2.05, 4.69) is 54.0 Å². The predicted molar refractivity (Wildman–Crippen MR) is 177 cm³/mol. The number of rotatable bonds is 15. The Balaban J connectivity index is 1.50. The van der Waals surface area contributed by atoms with Crippen LogP contribution in [0.2, 0.25) is 0 Å². The van der Waals surface area contributed by atoms with Crippen molar-refractivity contribution in [3.05, 3.63) is 76.0 Å². The molecule has 1 aliphatic rings. The molecule has 1 heterocycles. The molecule has 3 aromatic carbocycles. The van der Waals surface area contributed by atoms with Crippen molar-refractivity contribution in [2.24, 2.45) is 5.41 Å². The largest absolute Gasteiger partial charge is 0.491 e. The Bertz CT molecular complexity index is 1310. The minimum atomic E-state index is -0.593. The van der Waals surface area contributed by atoms with E-state index in [1.165, 1.54) is 37.7 Å². The number of aryl methyl sites for hydroxylation is 2. The molecule has 0 radical (unpaired) electrons. The van der Waals surface area contributed by atoms with Crippen molar-refractivity contribution in [1.82, 2.24) is 0 Å². The van der Waals surface area contributed by atoms with Gasteiger partial charge in [-0.05, 0) is 108 Å². The van der Waals surface area contributed by atoms with Gasteiger partial charge in [0.2, 0.25) is 0 Å². The number of hydrogen-bond acceptors (Lipinski definition) is 4. The lowest BCUT2D eigenvalue weighted by Crippen LogP contribution is -2.49. The highest BCUT2D eigenvalue weighted by Gasteiger charge is 2.40. The highest BCUT2D eigenvalue weighted by Crippen LogP contribution is 2.39. The summed E-state index contributed by atoms with van der Waals surface area (Å²) in [6.07, 6.45) is 9.49. The van der Waals surface area contributed by atoms with Gasteiger partial charge in [0, 0.05) is 12.2 Å². The molecule has 1 saturated heterocycles. The summed E-state index contributed by atoms with van der Waals surface area (Å²) in [5.41, 5.74) is 5.18. The van der Waals surface area contributed by atoms with E-state index in [1.54, 1.807) is 6.07 Å². The zero-order valence-corrected chi connectivity index (χ0v) is 27.9. The van der Waals surface area contributed by atoms with Gasteiger partial charge in [-0.1, -0.05) is 75.9 Å². The van der Waals surface area contributed by atoms with E-state index in [4.69, 9.17) is 14.2 Å². The molecule has 0 spiro atoms. The molecular weight excluding hydrogens is 607 g/mol. The van der Waals surface area contributed by atoms with Crippen LogP contribution in [-0.4, -0.2) is 37.3 Å². The van der Waals surface area contributed by atoms with E-state index >= 15 is 4.39 Å². The van der Waals surface area contributed by atoms with Crippen LogP contribution in [0.5, 0.6) is 5.75 Å². The van der Waals surface area contributed by atoms with Crippen molar-refractivity contribution in [1.29, 1.82) is 0 Å². The summed E-state index contributed by atoms with van der Waals surface area (Å²) in [6.45, 7) is 9.82. The number of halogens is 2. The average Bonchev–Trinajstić information content (AvgIpc) is 3.00. The Kier molecular flexibility index (Phi) is 12.2. The Hall–Kier alpha value is -2.25.